The van der Waals surface area contributed by atoms with Crippen molar-refractivity contribution in [1.29, 1.82) is 0 Å². The number of fused-ring (bicyclic) bond motifs is 1. The molecule has 1 aromatic heterocycles. The first-order valence-electron chi connectivity index (χ1n) is 10.1. The molecule has 2 heterocycles. The van der Waals surface area contributed by atoms with Crippen LogP contribution in [-0.2, 0) is 0 Å². The summed E-state index contributed by atoms with van der Waals surface area (Å²) in [7, 11) is 6.34. The second kappa shape index (κ2) is 8.97. The molecule has 1 aromatic carbocycles. The molecule has 0 radical (unpaired) electrons. The molecule has 1 atom stereocenters. The minimum Gasteiger partial charge on any atom is -0.337 e. The van der Waals surface area contributed by atoms with Crippen LogP contribution in [0.15, 0.2) is 24.3 Å². The number of nitrogens with zero attached hydrogens (tertiary/aromatic N) is 4. The summed E-state index contributed by atoms with van der Waals surface area (Å²) in [6.45, 7) is 5.45. The standard InChI is InChI=1S/C22H31FN4O/c1-16-13-20(19-9-8-17(23)14-21(19)24-16)22(28)27-12-5-7-18(15-27)26(4)11-6-10-25(2)3/h8-9,13-14,18H,5-7,10-12,15H2,1-4H3/t18-/m1/s1. The van der Waals surface area contributed by atoms with E-state index >= 15 is 0 Å². The highest BCUT2D eigenvalue weighted by Gasteiger charge is 2.27. The number of carbonyl (C=O) groups excluding carboxylic acids is 1. The molecule has 0 N–H and O–H groups in total. The zero-order chi connectivity index (χ0) is 20.3. The van der Waals surface area contributed by atoms with Gasteiger partial charge in [-0.3, -0.25) is 9.78 Å². The number of aromatic nitrogens is 1. The maximum atomic E-state index is 13.6. The van der Waals surface area contributed by atoms with Crippen LogP contribution in [0, 0.1) is 12.7 Å². The largest absolute Gasteiger partial charge is 0.337 e. The Morgan fingerprint density at radius 2 is 2.04 bits per heavy atom. The predicted molar refractivity (Wildman–Crippen MR) is 111 cm³/mol. The third-order valence-corrected chi connectivity index (χ3v) is 5.55. The van der Waals surface area contributed by atoms with Crippen molar-refractivity contribution >= 4 is 16.8 Å². The summed E-state index contributed by atoms with van der Waals surface area (Å²) in [5.74, 6) is -0.310. The molecule has 1 aliphatic heterocycles. The normalized spacial score (nSPS) is 17.7. The van der Waals surface area contributed by atoms with Gasteiger partial charge in [0.05, 0.1) is 11.1 Å². The quantitative estimate of drug-likeness (QED) is 0.765. The average molecular weight is 387 g/mol. The van der Waals surface area contributed by atoms with Crippen LogP contribution in [0.5, 0.6) is 0 Å². The average Bonchev–Trinajstić information content (AvgIpc) is 2.66. The number of likely N-dealkylation sites (tertiary alicyclic amines) is 1. The van der Waals surface area contributed by atoms with E-state index in [1.54, 1.807) is 6.07 Å². The topological polar surface area (TPSA) is 39.7 Å². The Kier molecular flexibility index (Phi) is 6.62. The van der Waals surface area contributed by atoms with Crippen LogP contribution in [0.2, 0.25) is 0 Å². The van der Waals surface area contributed by atoms with Crippen LogP contribution in [0.1, 0.15) is 35.3 Å². The number of hydrogen-bond acceptors (Lipinski definition) is 4. The van der Waals surface area contributed by atoms with E-state index in [0.717, 1.165) is 56.5 Å². The van der Waals surface area contributed by atoms with Crippen molar-refractivity contribution in [2.45, 2.75) is 32.2 Å². The van der Waals surface area contributed by atoms with Crippen molar-refractivity contribution in [3.05, 3.63) is 41.3 Å². The molecule has 0 aliphatic carbocycles. The monoisotopic (exact) mass is 386 g/mol. The number of likely N-dealkylation sites (N-methyl/N-ethyl adjacent to an activating group) is 1. The van der Waals surface area contributed by atoms with E-state index in [1.165, 1.54) is 12.1 Å². The molecular formula is C22H31FN4O. The number of pyridine rings is 1. The third-order valence-electron chi connectivity index (χ3n) is 5.55. The molecule has 5 nitrogen and oxygen atoms in total. The van der Waals surface area contributed by atoms with E-state index in [0.29, 0.717) is 17.1 Å². The van der Waals surface area contributed by atoms with Gasteiger partial charge in [0.1, 0.15) is 5.82 Å². The second-order valence-corrected chi connectivity index (χ2v) is 8.16. The SMILES string of the molecule is Cc1cc(C(=O)N2CCC[C@@H](N(C)CCCN(C)C)C2)c2ccc(F)cc2n1. The summed E-state index contributed by atoms with van der Waals surface area (Å²) in [4.78, 5) is 24.2. The fraction of sp³-hybridized carbons (Fsp3) is 0.545. The molecular weight excluding hydrogens is 355 g/mol. The Hall–Kier alpha value is -2.05. The molecule has 0 unspecified atom stereocenters. The summed E-state index contributed by atoms with van der Waals surface area (Å²) in [5, 5.41) is 0.721. The number of piperidine rings is 1. The molecule has 0 spiro atoms. The summed E-state index contributed by atoms with van der Waals surface area (Å²) in [6.07, 6.45) is 3.24. The van der Waals surface area contributed by atoms with Crippen molar-refractivity contribution < 1.29 is 9.18 Å². The maximum absolute atomic E-state index is 13.6. The first-order chi connectivity index (χ1) is 13.3. The zero-order valence-corrected chi connectivity index (χ0v) is 17.4. The van der Waals surface area contributed by atoms with Crippen molar-refractivity contribution in [3.63, 3.8) is 0 Å². The van der Waals surface area contributed by atoms with Crippen molar-refractivity contribution in [3.8, 4) is 0 Å². The molecule has 1 aliphatic rings. The smallest absolute Gasteiger partial charge is 0.254 e. The number of hydrogen-bond donors (Lipinski definition) is 0. The van der Waals surface area contributed by atoms with Crippen LogP contribution in [0.3, 0.4) is 0 Å². The second-order valence-electron chi connectivity index (χ2n) is 8.16. The molecule has 152 valence electrons. The van der Waals surface area contributed by atoms with Gasteiger partial charge in [0, 0.05) is 36.3 Å². The van der Waals surface area contributed by atoms with Crippen LogP contribution in [-0.4, -0.2) is 79.0 Å². The molecule has 28 heavy (non-hydrogen) atoms. The lowest BCUT2D eigenvalue weighted by Crippen LogP contribution is -2.49. The summed E-state index contributed by atoms with van der Waals surface area (Å²) in [5.41, 5.74) is 1.90. The number of rotatable bonds is 6. The van der Waals surface area contributed by atoms with E-state index in [9.17, 15) is 9.18 Å². The molecule has 6 heteroatoms. The highest BCUT2D eigenvalue weighted by atomic mass is 19.1. The highest BCUT2D eigenvalue weighted by Crippen LogP contribution is 2.23. The Bertz CT molecular complexity index is 833. The number of amides is 1. The van der Waals surface area contributed by atoms with Gasteiger partial charge >= 0.3 is 0 Å². The van der Waals surface area contributed by atoms with E-state index < -0.39 is 0 Å². The van der Waals surface area contributed by atoms with Gasteiger partial charge in [-0.05, 0) is 78.6 Å². The molecule has 3 rings (SSSR count). The van der Waals surface area contributed by atoms with Gasteiger partial charge < -0.3 is 14.7 Å². The highest BCUT2D eigenvalue weighted by molar-refractivity contribution is 6.06. The minimum atomic E-state index is -0.332. The summed E-state index contributed by atoms with van der Waals surface area (Å²) < 4.78 is 13.6. The van der Waals surface area contributed by atoms with E-state index in [1.807, 2.05) is 17.9 Å². The van der Waals surface area contributed by atoms with Crippen LogP contribution in [0.4, 0.5) is 4.39 Å². The van der Waals surface area contributed by atoms with Gasteiger partial charge in [-0.15, -0.1) is 0 Å². The lowest BCUT2D eigenvalue weighted by Gasteiger charge is -2.38. The Morgan fingerprint density at radius 1 is 1.25 bits per heavy atom. The van der Waals surface area contributed by atoms with Crippen LogP contribution in [0.25, 0.3) is 10.9 Å². The van der Waals surface area contributed by atoms with Gasteiger partial charge in [0.15, 0.2) is 0 Å². The Labute approximate surface area is 167 Å². The molecule has 0 saturated carbocycles. The van der Waals surface area contributed by atoms with Gasteiger partial charge in [-0.1, -0.05) is 0 Å². The zero-order valence-electron chi connectivity index (χ0n) is 17.4. The number of carbonyl (C=O) groups is 1. The third kappa shape index (κ3) is 4.86. The lowest BCUT2D eigenvalue weighted by atomic mass is 10.0. The first-order valence-corrected chi connectivity index (χ1v) is 10.1. The fourth-order valence-electron chi connectivity index (χ4n) is 4.00. The van der Waals surface area contributed by atoms with Crippen LogP contribution >= 0.6 is 0 Å². The van der Waals surface area contributed by atoms with Gasteiger partial charge in [-0.25, -0.2) is 4.39 Å². The first kappa shape index (κ1) is 20.7. The van der Waals surface area contributed by atoms with E-state index in [2.05, 4.69) is 35.9 Å². The number of halogens is 1. The Balaban J connectivity index is 1.75. The van der Waals surface area contributed by atoms with Crippen molar-refractivity contribution in [2.75, 3.05) is 47.3 Å². The predicted octanol–water partition coefficient (Wildman–Crippen LogP) is 3.17. The maximum Gasteiger partial charge on any atom is 0.254 e. The molecule has 1 fully saturated rings. The van der Waals surface area contributed by atoms with Crippen molar-refractivity contribution in [1.82, 2.24) is 19.7 Å². The Morgan fingerprint density at radius 3 is 2.79 bits per heavy atom. The van der Waals surface area contributed by atoms with Crippen LogP contribution < -0.4 is 0 Å². The molecule has 1 saturated heterocycles. The summed E-state index contributed by atoms with van der Waals surface area (Å²) >= 11 is 0. The van der Waals surface area contributed by atoms with E-state index in [4.69, 9.17) is 0 Å². The number of benzene rings is 1. The van der Waals surface area contributed by atoms with Gasteiger partial charge in [0.2, 0.25) is 0 Å². The summed E-state index contributed by atoms with van der Waals surface area (Å²) in [6, 6.07) is 6.67. The fourth-order valence-corrected chi connectivity index (χ4v) is 4.00. The van der Waals surface area contributed by atoms with Gasteiger partial charge in [-0.2, -0.15) is 0 Å². The number of aryl methyl sites for hydroxylation is 1. The molecule has 1 amide bonds. The molecule has 0 bridgehead atoms. The van der Waals surface area contributed by atoms with E-state index in [-0.39, 0.29) is 11.7 Å². The molecule has 2 aromatic rings. The lowest BCUT2D eigenvalue weighted by molar-refractivity contribution is 0.0609. The van der Waals surface area contributed by atoms with Crippen molar-refractivity contribution in [2.24, 2.45) is 0 Å². The minimum absolute atomic E-state index is 0.0218. The van der Waals surface area contributed by atoms with Gasteiger partial charge in [0.25, 0.3) is 5.91 Å².